The molecule has 0 bridgehead atoms. The molecule has 3 aromatic carbocycles. The summed E-state index contributed by atoms with van der Waals surface area (Å²) in [5.74, 6) is -3.29. The quantitative estimate of drug-likeness (QED) is 0.0756. The molecule has 3 rings (SSSR count). The van der Waals surface area contributed by atoms with E-state index < -0.39 is 29.6 Å². The van der Waals surface area contributed by atoms with Crippen molar-refractivity contribution < 1.29 is 24.7 Å². The van der Waals surface area contributed by atoms with Gasteiger partial charge in [0.05, 0.1) is 4.92 Å². The molecule has 1 amide bonds. The Morgan fingerprint density at radius 2 is 1.45 bits per heavy atom. The van der Waals surface area contributed by atoms with Crippen LogP contribution in [0, 0.1) is 10.1 Å². The van der Waals surface area contributed by atoms with E-state index in [9.17, 15) is 25.1 Å². The topological polar surface area (TPSA) is 122 Å². The van der Waals surface area contributed by atoms with Crippen LogP contribution in [0.15, 0.2) is 84.9 Å². The number of halogens is 1. The molecular formula is C32H42ClN2O6P. The molecule has 0 aliphatic heterocycles. The molecule has 0 aromatic heterocycles. The van der Waals surface area contributed by atoms with E-state index in [1.165, 1.54) is 34.9 Å². The molecule has 0 saturated carbocycles. The summed E-state index contributed by atoms with van der Waals surface area (Å²) in [5.41, 5.74) is 0.285. The van der Waals surface area contributed by atoms with Gasteiger partial charge in [-0.3, -0.25) is 10.1 Å². The summed E-state index contributed by atoms with van der Waals surface area (Å²) in [6.45, 7) is 0.119. The molecule has 8 nitrogen and oxygen atoms in total. The number of nitrogens with one attached hydrogen (secondary N) is 1. The van der Waals surface area contributed by atoms with Crippen LogP contribution >= 0.6 is 17.2 Å². The van der Waals surface area contributed by atoms with Gasteiger partial charge in [-0.1, -0.05) is 0 Å². The molecule has 0 unspecified atom stereocenters. The fourth-order valence-electron chi connectivity index (χ4n) is 5.38. The zero-order valence-corrected chi connectivity index (χ0v) is 25.8. The molecule has 0 aliphatic rings. The number of hydrogen-bond donors (Lipinski definition) is 3. The number of nitro groups is 1. The fourth-order valence-corrected chi connectivity index (χ4v) is 11.3. The summed E-state index contributed by atoms with van der Waals surface area (Å²) in [4.78, 5) is 22.8. The van der Waals surface area contributed by atoms with Gasteiger partial charge < -0.3 is 0 Å². The number of benzene rings is 3. The predicted octanol–water partition coefficient (Wildman–Crippen LogP) is 5.45. The number of rotatable bonds is 18. The van der Waals surface area contributed by atoms with Crippen molar-refractivity contribution in [2.24, 2.45) is 0 Å². The van der Waals surface area contributed by atoms with Crippen molar-refractivity contribution in [3.63, 3.8) is 0 Å². The number of aliphatic hydroxyl groups is 2. The van der Waals surface area contributed by atoms with Crippen LogP contribution in [0.25, 0.3) is 0 Å². The van der Waals surface area contributed by atoms with Crippen molar-refractivity contribution in [3.8, 4) is 0 Å². The van der Waals surface area contributed by atoms with Crippen molar-refractivity contribution in [2.75, 3.05) is 32.6 Å². The number of nitro benzene ring substituents is 1. The number of amides is 1. The number of carbonyl (C=O) groups excluding carboxylic acids is 1. The first kappa shape index (κ1) is 33.6. The molecule has 0 heterocycles. The molecule has 0 radical (unpaired) electrons. The summed E-state index contributed by atoms with van der Waals surface area (Å²) in [5, 5.41) is 36.2. The first-order chi connectivity index (χ1) is 20.2. The van der Waals surface area contributed by atoms with E-state index >= 15 is 0 Å². The number of aliphatic hydroxyl groups excluding tert-OH is 2. The van der Waals surface area contributed by atoms with E-state index in [1.807, 2.05) is 36.4 Å². The predicted molar refractivity (Wildman–Crippen MR) is 171 cm³/mol. The zero-order valence-electron chi connectivity index (χ0n) is 24.1. The van der Waals surface area contributed by atoms with Gasteiger partial charge in [-0.2, -0.15) is 0 Å². The number of non-ortho nitro benzene ring substituents is 1. The van der Waals surface area contributed by atoms with E-state index in [0.29, 0.717) is 18.6 Å². The van der Waals surface area contributed by atoms with Crippen LogP contribution in [0.4, 0.5) is 5.69 Å². The molecule has 0 saturated heterocycles. The summed E-state index contributed by atoms with van der Waals surface area (Å²) in [7, 11) is 1.71. The number of carbonyl (C=O) groups is 1. The van der Waals surface area contributed by atoms with E-state index in [2.05, 4.69) is 29.6 Å². The van der Waals surface area contributed by atoms with Gasteiger partial charge in [0.1, 0.15) is 0 Å². The van der Waals surface area contributed by atoms with Crippen molar-refractivity contribution >= 4 is 39.4 Å². The molecular weight excluding hydrogens is 575 g/mol. The van der Waals surface area contributed by atoms with Crippen LogP contribution in [-0.2, 0) is 9.53 Å². The Kier molecular flexibility index (Phi) is 12.9. The molecule has 42 heavy (non-hydrogen) atoms. The normalized spacial score (nSPS) is 14.0. The maximum absolute atomic E-state index is 12.5. The Balaban J connectivity index is 1.51. The fraction of sp³-hybridized carbons (Fsp3) is 0.406. The minimum absolute atomic E-state index is 0.0975. The Bertz CT molecular complexity index is 1220. The molecule has 228 valence electrons. The summed E-state index contributed by atoms with van der Waals surface area (Å²) >= 11 is 7.89. The molecule has 10 heteroatoms. The second-order valence-corrected chi connectivity index (χ2v) is 17.8. The number of hydrogen-bond acceptors (Lipinski definition) is 6. The summed E-state index contributed by atoms with van der Waals surface area (Å²) in [6, 6.07) is 25.3. The summed E-state index contributed by atoms with van der Waals surface area (Å²) < 4.78 is 5.53. The average molecular weight is 617 g/mol. The van der Waals surface area contributed by atoms with E-state index in [-0.39, 0.29) is 18.0 Å². The van der Waals surface area contributed by atoms with Gasteiger partial charge >= 0.3 is 208 Å². The molecule has 2 atom stereocenters. The van der Waals surface area contributed by atoms with Gasteiger partial charge in [0.15, 0.2) is 0 Å². The van der Waals surface area contributed by atoms with Crippen molar-refractivity contribution in [1.82, 2.24) is 5.32 Å². The molecule has 0 fully saturated rings. The maximum atomic E-state index is 12.5. The van der Waals surface area contributed by atoms with Gasteiger partial charge in [0.25, 0.3) is 5.69 Å². The zero-order chi connectivity index (χ0) is 30.5. The van der Waals surface area contributed by atoms with Crippen LogP contribution in [0.1, 0.15) is 50.2 Å². The second-order valence-electron chi connectivity index (χ2n) is 10.7. The Morgan fingerprint density at radius 3 is 1.98 bits per heavy atom. The third-order valence-corrected chi connectivity index (χ3v) is 15.4. The minimum atomic E-state index is -3.03. The standard InChI is InChI=1S/C32H42ClN2O6P/c1-41-22-24-42(33,28-13-7-5-8-14-28,29-15-9-6-10-16-29)23-12-4-2-3-11-17-31(37)34-30(25-36)32(38)26-18-20-27(21-19-26)35(39)40/h5-10,13-16,18-21,30,32,36,38H,2-4,11-12,17,22-25H2,1H3,(H,34,37)/t30-,32-/m1/s1. The third kappa shape index (κ3) is 8.59. The van der Waals surface area contributed by atoms with Crippen molar-refractivity contribution in [2.45, 2.75) is 50.7 Å². The van der Waals surface area contributed by atoms with Crippen LogP contribution in [0.5, 0.6) is 0 Å². The van der Waals surface area contributed by atoms with Crippen LogP contribution < -0.4 is 15.9 Å². The van der Waals surface area contributed by atoms with Crippen LogP contribution in [-0.4, -0.2) is 59.7 Å². The number of nitrogens with zero attached hydrogens (tertiary/aromatic N) is 1. The molecule has 0 spiro atoms. The van der Waals surface area contributed by atoms with Gasteiger partial charge in [-0.05, 0) is 12.1 Å². The molecule has 3 aromatic rings. The number of unbranched alkanes of at least 4 members (excludes halogenated alkanes) is 4. The van der Waals surface area contributed by atoms with E-state index in [4.69, 9.17) is 16.0 Å². The average Bonchev–Trinajstić information content (AvgIpc) is 3.03. The van der Waals surface area contributed by atoms with Crippen LogP contribution in [0.3, 0.4) is 0 Å². The van der Waals surface area contributed by atoms with Gasteiger partial charge in [0.2, 0.25) is 0 Å². The monoisotopic (exact) mass is 616 g/mol. The number of ether oxygens (including phenoxy) is 1. The first-order valence-electron chi connectivity index (χ1n) is 14.4. The second kappa shape index (κ2) is 16.1. The van der Waals surface area contributed by atoms with Crippen molar-refractivity contribution in [3.05, 3.63) is 101 Å². The van der Waals surface area contributed by atoms with Crippen molar-refractivity contribution in [1.29, 1.82) is 0 Å². The molecule has 0 aliphatic carbocycles. The summed E-state index contributed by atoms with van der Waals surface area (Å²) in [6.07, 6.45) is 5.17. The number of methoxy groups -OCH3 is 1. The van der Waals surface area contributed by atoms with E-state index in [0.717, 1.165) is 38.0 Å². The van der Waals surface area contributed by atoms with Crippen LogP contribution in [0.2, 0.25) is 0 Å². The van der Waals surface area contributed by atoms with Gasteiger partial charge in [0, 0.05) is 12.1 Å². The van der Waals surface area contributed by atoms with Gasteiger partial charge in [-0.25, -0.2) is 0 Å². The third-order valence-electron chi connectivity index (χ3n) is 7.86. The Labute approximate surface area is 252 Å². The SMILES string of the molecule is COCCP(Cl)(CCCCCCCC(=O)N[C@H](CO)[C@H](O)c1ccc([N+](=O)[O-])cc1)(c1ccccc1)c1ccccc1. The molecule has 3 N–H and O–H groups in total. The van der Waals surface area contributed by atoms with Gasteiger partial charge in [-0.15, -0.1) is 0 Å². The Morgan fingerprint density at radius 1 is 0.905 bits per heavy atom. The van der Waals surface area contributed by atoms with E-state index in [1.54, 1.807) is 7.11 Å². The first-order valence-corrected chi connectivity index (χ1v) is 17.9. The Hall–Kier alpha value is -2.87.